The molecule has 3 aromatic carbocycles. The van der Waals surface area contributed by atoms with Gasteiger partial charge < -0.3 is 4.74 Å². The van der Waals surface area contributed by atoms with Crippen molar-refractivity contribution in [3.8, 4) is 5.75 Å². The number of aliphatic imine (C=N–C) groups is 1. The zero-order valence-corrected chi connectivity index (χ0v) is 18.2. The fourth-order valence-corrected chi connectivity index (χ4v) is 3.63. The summed E-state index contributed by atoms with van der Waals surface area (Å²) in [5.74, 6) is 0.428. The number of hydrogen-bond acceptors (Lipinski definition) is 5. The highest BCUT2D eigenvalue weighted by Crippen LogP contribution is 2.36. The Labute approximate surface area is 193 Å². The van der Waals surface area contributed by atoms with E-state index in [1.807, 2.05) is 6.07 Å². The van der Waals surface area contributed by atoms with Crippen molar-refractivity contribution >= 4 is 52.4 Å². The van der Waals surface area contributed by atoms with E-state index >= 15 is 0 Å². The fraction of sp³-hybridized carbons (Fsp3) is 0.0435. The number of nitrogens with zero attached hydrogens (tertiary/aromatic N) is 3. The molecular weight excluding hydrogens is 453 g/mol. The van der Waals surface area contributed by atoms with Crippen molar-refractivity contribution in [2.24, 2.45) is 4.99 Å². The van der Waals surface area contributed by atoms with Crippen LogP contribution >= 0.6 is 23.2 Å². The Bertz CT molecular complexity index is 1290. The molecule has 32 heavy (non-hydrogen) atoms. The highest BCUT2D eigenvalue weighted by Gasteiger charge is 2.35. The van der Waals surface area contributed by atoms with Gasteiger partial charge in [0.25, 0.3) is 11.6 Å². The van der Waals surface area contributed by atoms with Crippen molar-refractivity contribution in [2.75, 3.05) is 12.0 Å². The molecule has 0 aliphatic carbocycles. The summed E-state index contributed by atoms with van der Waals surface area (Å²) in [4.78, 5) is 29.8. The predicted molar refractivity (Wildman–Crippen MR) is 125 cm³/mol. The maximum Gasteiger partial charge on any atom is 0.282 e. The summed E-state index contributed by atoms with van der Waals surface area (Å²) in [5, 5.41) is 11.6. The predicted octanol–water partition coefficient (Wildman–Crippen LogP) is 5.74. The average molecular weight is 468 g/mol. The highest BCUT2D eigenvalue weighted by atomic mass is 35.5. The topological polar surface area (TPSA) is 85.0 Å². The molecule has 0 atom stereocenters. The van der Waals surface area contributed by atoms with Gasteiger partial charge >= 0.3 is 0 Å². The van der Waals surface area contributed by atoms with Gasteiger partial charge in [-0.1, -0.05) is 35.3 Å². The summed E-state index contributed by atoms with van der Waals surface area (Å²) >= 11 is 12.6. The third-order valence-electron chi connectivity index (χ3n) is 4.76. The molecule has 0 N–H and O–H groups in total. The summed E-state index contributed by atoms with van der Waals surface area (Å²) in [7, 11) is 1.53. The lowest BCUT2D eigenvalue weighted by molar-refractivity contribution is -0.384. The van der Waals surface area contributed by atoms with Gasteiger partial charge in [-0.15, -0.1) is 0 Å². The molecule has 1 aliphatic heterocycles. The maximum absolute atomic E-state index is 13.4. The van der Waals surface area contributed by atoms with Crippen molar-refractivity contribution in [2.45, 2.75) is 0 Å². The van der Waals surface area contributed by atoms with Crippen molar-refractivity contribution in [1.29, 1.82) is 0 Å². The van der Waals surface area contributed by atoms with Gasteiger partial charge in [0, 0.05) is 17.2 Å². The second-order valence-corrected chi connectivity index (χ2v) is 7.59. The molecule has 0 unspecified atom stereocenters. The molecule has 0 saturated carbocycles. The Hall–Kier alpha value is -3.68. The molecule has 4 rings (SSSR count). The molecule has 1 amide bonds. The molecule has 1 heterocycles. The number of hydrogen-bond donors (Lipinski definition) is 0. The Balaban J connectivity index is 1.86. The van der Waals surface area contributed by atoms with Crippen molar-refractivity contribution in [3.05, 3.63) is 104 Å². The van der Waals surface area contributed by atoms with Crippen LogP contribution in [0, 0.1) is 10.1 Å². The van der Waals surface area contributed by atoms with Crippen LogP contribution in [0.15, 0.2) is 77.4 Å². The SMILES string of the molecule is COc1ccccc1C1=NC(=Cc2ccc([N+](=O)[O-])cc2)C(=O)N1c1cc(Cl)ccc1Cl. The molecule has 0 aromatic heterocycles. The number of amidine groups is 1. The number of halogens is 2. The smallest absolute Gasteiger partial charge is 0.282 e. The van der Waals surface area contributed by atoms with E-state index in [1.165, 1.54) is 24.1 Å². The minimum absolute atomic E-state index is 0.0459. The number of anilines is 1. The van der Waals surface area contributed by atoms with Gasteiger partial charge in [0.2, 0.25) is 0 Å². The molecular formula is C23H15Cl2N3O4. The van der Waals surface area contributed by atoms with E-state index < -0.39 is 10.8 Å². The summed E-state index contributed by atoms with van der Waals surface area (Å²) in [6, 6.07) is 17.8. The van der Waals surface area contributed by atoms with Crippen molar-refractivity contribution < 1.29 is 14.5 Å². The standard InChI is InChI=1S/C23H15Cl2N3O4/c1-32-21-5-3-2-4-17(21)22-26-19(12-14-6-9-16(10-7-14)28(30)31)23(29)27(22)20-13-15(24)8-11-18(20)25/h2-13H,1H3. The van der Waals surface area contributed by atoms with Gasteiger partial charge in [-0.25, -0.2) is 4.99 Å². The minimum Gasteiger partial charge on any atom is -0.496 e. The third-order valence-corrected chi connectivity index (χ3v) is 5.32. The van der Waals surface area contributed by atoms with Crippen molar-refractivity contribution in [1.82, 2.24) is 0 Å². The van der Waals surface area contributed by atoms with Crippen LogP contribution in [0.5, 0.6) is 5.75 Å². The molecule has 0 bridgehead atoms. The summed E-state index contributed by atoms with van der Waals surface area (Å²) in [6.45, 7) is 0. The Kier molecular flexibility index (Phi) is 5.94. The Morgan fingerprint density at radius 1 is 1.06 bits per heavy atom. The van der Waals surface area contributed by atoms with Gasteiger partial charge in [0.15, 0.2) is 5.84 Å². The number of nitro groups is 1. The van der Waals surface area contributed by atoms with Gasteiger partial charge in [-0.05, 0) is 54.1 Å². The Morgan fingerprint density at radius 2 is 1.78 bits per heavy atom. The number of amides is 1. The van der Waals surface area contributed by atoms with Crippen LogP contribution in [-0.4, -0.2) is 23.8 Å². The highest BCUT2D eigenvalue weighted by molar-refractivity contribution is 6.40. The van der Waals surface area contributed by atoms with Gasteiger partial charge in [-0.2, -0.15) is 0 Å². The van der Waals surface area contributed by atoms with Gasteiger partial charge in [0.1, 0.15) is 11.4 Å². The molecule has 0 spiro atoms. The molecule has 9 heteroatoms. The number of methoxy groups -OCH3 is 1. The number of ether oxygens (including phenoxy) is 1. The minimum atomic E-state index is -0.488. The van der Waals surface area contributed by atoms with E-state index in [9.17, 15) is 14.9 Å². The van der Waals surface area contributed by atoms with E-state index in [1.54, 1.807) is 54.6 Å². The first kappa shape index (κ1) is 21.5. The number of carbonyl (C=O) groups is 1. The Morgan fingerprint density at radius 3 is 2.47 bits per heavy atom. The van der Waals surface area contributed by atoms with E-state index in [0.717, 1.165) is 0 Å². The first-order valence-electron chi connectivity index (χ1n) is 9.37. The van der Waals surface area contributed by atoms with Gasteiger partial charge in [-0.3, -0.25) is 19.8 Å². The molecule has 160 valence electrons. The van der Waals surface area contributed by atoms with E-state index in [-0.39, 0.29) is 11.4 Å². The van der Waals surface area contributed by atoms with Crippen LogP contribution < -0.4 is 9.64 Å². The lowest BCUT2D eigenvalue weighted by Crippen LogP contribution is -2.33. The fourth-order valence-electron chi connectivity index (χ4n) is 3.26. The molecule has 0 radical (unpaired) electrons. The first-order chi connectivity index (χ1) is 15.4. The van der Waals surface area contributed by atoms with Crippen LogP contribution in [0.1, 0.15) is 11.1 Å². The third kappa shape index (κ3) is 4.08. The second kappa shape index (κ2) is 8.82. The maximum atomic E-state index is 13.4. The van der Waals surface area contributed by atoms with Gasteiger partial charge in [0.05, 0.1) is 28.3 Å². The number of benzene rings is 3. The zero-order chi connectivity index (χ0) is 22.8. The monoisotopic (exact) mass is 467 g/mol. The molecule has 0 fully saturated rings. The van der Waals surface area contributed by atoms with Crippen molar-refractivity contribution in [3.63, 3.8) is 0 Å². The number of carbonyl (C=O) groups excluding carboxylic acids is 1. The number of nitro benzene ring substituents is 1. The lowest BCUT2D eigenvalue weighted by Gasteiger charge is -2.21. The lowest BCUT2D eigenvalue weighted by atomic mass is 10.1. The van der Waals surface area contributed by atoms with Crippen LogP contribution in [0.25, 0.3) is 6.08 Å². The number of non-ortho nitro benzene ring substituents is 1. The number of rotatable bonds is 5. The van der Waals surface area contributed by atoms with Crippen LogP contribution in [0.3, 0.4) is 0 Å². The quantitative estimate of drug-likeness (QED) is 0.271. The largest absolute Gasteiger partial charge is 0.496 e. The summed E-state index contributed by atoms with van der Waals surface area (Å²) in [6.07, 6.45) is 1.56. The normalized spacial score (nSPS) is 14.6. The molecule has 1 aliphatic rings. The second-order valence-electron chi connectivity index (χ2n) is 6.75. The molecule has 3 aromatic rings. The molecule has 7 nitrogen and oxygen atoms in total. The summed E-state index contributed by atoms with van der Waals surface area (Å²) < 4.78 is 5.46. The van der Waals surface area contributed by atoms with E-state index in [4.69, 9.17) is 27.9 Å². The molecule has 0 saturated heterocycles. The first-order valence-corrected chi connectivity index (χ1v) is 10.1. The van der Waals surface area contributed by atoms with Crippen LogP contribution in [-0.2, 0) is 4.79 Å². The zero-order valence-electron chi connectivity index (χ0n) is 16.7. The number of para-hydroxylation sites is 1. The summed E-state index contributed by atoms with van der Waals surface area (Å²) in [5.41, 5.74) is 1.64. The van der Waals surface area contributed by atoms with E-state index in [2.05, 4.69) is 4.99 Å². The van der Waals surface area contributed by atoms with Crippen LogP contribution in [0.2, 0.25) is 10.0 Å². The van der Waals surface area contributed by atoms with E-state index in [0.29, 0.717) is 38.4 Å². The van der Waals surface area contributed by atoms with Crippen LogP contribution in [0.4, 0.5) is 11.4 Å². The average Bonchev–Trinajstić information content (AvgIpc) is 3.11.